The first-order valence-electron chi connectivity index (χ1n) is 6.68. The molecule has 0 aliphatic heterocycles. The van der Waals surface area contributed by atoms with Crippen LogP contribution in [0.1, 0.15) is 41.5 Å². The molecule has 18 heavy (non-hydrogen) atoms. The topological polar surface area (TPSA) is 46.6 Å². The van der Waals surface area contributed by atoms with Crippen LogP contribution in [-0.2, 0) is 14.3 Å². The van der Waals surface area contributed by atoms with Crippen LogP contribution in [0.15, 0.2) is 0 Å². The second kappa shape index (κ2) is 7.52. The summed E-state index contributed by atoms with van der Waals surface area (Å²) >= 11 is 0. The average Bonchev–Trinajstić information content (AvgIpc) is 2.27. The van der Waals surface area contributed by atoms with Gasteiger partial charge in [-0.25, -0.2) is 0 Å². The Morgan fingerprint density at radius 2 is 1.78 bits per heavy atom. The molecule has 0 aromatic heterocycles. The molecule has 0 aliphatic carbocycles. The summed E-state index contributed by atoms with van der Waals surface area (Å²) in [5.41, 5.74) is -1.06. The van der Waals surface area contributed by atoms with E-state index in [2.05, 4.69) is 18.7 Å². The number of Topliss-reactive ketones (excluding diaryl/α,β-unsaturated/α-hetero) is 1. The van der Waals surface area contributed by atoms with Crippen molar-refractivity contribution >= 4 is 11.8 Å². The van der Waals surface area contributed by atoms with E-state index in [1.165, 1.54) is 0 Å². The third kappa shape index (κ3) is 5.17. The Morgan fingerprint density at radius 1 is 1.22 bits per heavy atom. The van der Waals surface area contributed by atoms with Crippen molar-refractivity contribution in [3.05, 3.63) is 0 Å². The van der Waals surface area contributed by atoms with E-state index in [0.717, 1.165) is 13.1 Å². The average molecular weight is 257 g/mol. The van der Waals surface area contributed by atoms with Crippen molar-refractivity contribution in [3.63, 3.8) is 0 Å². The van der Waals surface area contributed by atoms with Crippen molar-refractivity contribution in [2.45, 2.75) is 41.5 Å². The number of hydrogen-bond donors (Lipinski definition) is 0. The molecule has 0 unspecified atom stereocenters. The van der Waals surface area contributed by atoms with Crippen LogP contribution in [0.25, 0.3) is 0 Å². The van der Waals surface area contributed by atoms with Gasteiger partial charge in [0.05, 0.1) is 13.2 Å². The van der Waals surface area contributed by atoms with Crippen molar-refractivity contribution in [3.8, 4) is 0 Å². The fourth-order valence-corrected chi connectivity index (χ4v) is 1.65. The molecule has 0 fully saturated rings. The van der Waals surface area contributed by atoms with Crippen LogP contribution in [0.2, 0.25) is 0 Å². The van der Waals surface area contributed by atoms with Gasteiger partial charge in [-0.15, -0.1) is 0 Å². The lowest BCUT2D eigenvalue weighted by molar-refractivity contribution is -0.158. The molecule has 0 rings (SSSR count). The molecule has 0 N–H and O–H groups in total. The zero-order chi connectivity index (χ0) is 14.3. The van der Waals surface area contributed by atoms with Crippen molar-refractivity contribution < 1.29 is 14.3 Å². The molecule has 0 aromatic rings. The first kappa shape index (κ1) is 17.1. The first-order chi connectivity index (χ1) is 8.25. The minimum Gasteiger partial charge on any atom is -0.465 e. The van der Waals surface area contributed by atoms with Gasteiger partial charge in [-0.2, -0.15) is 0 Å². The number of hydrogen-bond acceptors (Lipinski definition) is 4. The molecular formula is C14H27NO3. The molecule has 106 valence electrons. The van der Waals surface area contributed by atoms with Crippen LogP contribution in [0, 0.1) is 11.3 Å². The van der Waals surface area contributed by atoms with Crippen molar-refractivity contribution in [1.82, 2.24) is 4.90 Å². The SMILES string of the molecule is CCOC(=O)C(C)(C)C(=O)CN(CC)CC(C)C. The number of ketones is 1. The summed E-state index contributed by atoms with van der Waals surface area (Å²) in [5.74, 6) is -0.0116. The highest BCUT2D eigenvalue weighted by Crippen LogP contribution is 2.19. The molecule has 0 radical (unpaired) electrons. The zero-order valence-electron chi connectivity index (χ0n) is 12.6. The second-order valence-corrected chi connectivity index (χ2v) is 5.49. The Labute approximate surface area is 111 Å². The Bertz CT molecular complexity index is 285. The lowest BCUT2D eigenvalue weighted by Crippen LogP contribution is -2.43. The van der Waals surface area contributed by atoms with E-state index in [0.29, 0.717) is 19.1 Å². The summed E-state index contributed by atoms with van der Waals surface area (Å²) in [5, 5.41) is 0. The molecular weight excluding hydrogens is 230 g/mol. The maximum absolute atomic E-state index is 12.2. The number of ether oxygens (including phenoxy) is 1. The van der Waals surface area contributed by atoms with E-state index in [1.54, 1.807) is 20.8 Å². The van der Waals surface area contributed by atoms with Crippen molar-refractivity contribution in [2.24, 2.45) is 11.3 Å². The van der Waals surface area contributed by atoms with Gasteiger partial charge < -0.3 is 4.74 Å². The van der Waals surface area contributed by atoms with Crippen LogP contribution in [0.3, 0.4) is 0 Å². The highest BCUT2D eigenvalue weighted by atomic mass is 16.5. The highest BCUT2D eigenvalue weighted by molar-refractivity contribution is 6.03. The molecule has 0 spiro atoms. The molecule has 4 heteroatoms. The van der Waals surface area contributed by atoms with Crippen LogP contribution >= 0.6 is 0 Å². The zero-order valence-corrected chi connectivity index (χ0v) is 12.6. The Kier molecular flexibility index (Phi) is 7.14. The van der Waals surface area contributed by atoms with Crippen molar-refractivity contribution in [1.29, 1.82) is 0 Å². The van der Waals surface area contributed by atoms with E-state index in [9.17, 15) is 9.59 Å². The number of nitrogens with zero attached hydrogens (tertiary/aromatic N) is 1. The van der Waals surface area contributed by atoms with Crippen LogP contribution < -0.4 is 0 Å². The summed E-state index contributed by atoms with van der Waals surface area (Å²) in [4.78, 5) is 26.0. The predicted molar refractivity (Wildman–Crippen MR) is 72.4 cm³/mol. The largest absolute Gasteiger partial charge is 0.465 e. The van der Waals surface area contributed by atoms with E-state index >= 15 is 0 Å². The summed E-state index contributed by atoms with van der Waals surface area (Å²) < 4.78 is 4.95. The number of esters is 1. The van der Waals surface area contributed by atoms with E-state index < -0.39 is 11.4 Å². The number of carbonyl (C=O) groups excluding carboxylic acids is 2. The number of rotatable bonds is 8. The predicted octanol–water partition coefficient (Wildman–Crippen LogP) is 2.12. The quantitative estimate of drug-likeness (QED) is 0.493. The minimum absolute atomic E-state index is 0.0801. The van der Waals surface area contributed by atoms with Gasteiger partial charge in [0, 0.05) is 6.54 Å². The van der Waals surface area contributed by atoms with E-state index in [1.807, 2.05) is 6.92 Å². The van der Waals surface area contributed by atoms with Crippen LogP contribution in [-0.4, -0.2) is 42.9 Å². The smallest absolute Gasteiger partial charge is 0.319 e. The third-order valence-corrected chi connectivity index (χ3v) is 2.92. The fourth-order valence-electron chi connectivity index (χ4n) is 1.65. The summed E-state index contributed by atoms with van der Waals surface area (Å²) in [6, 6.07) is 0. The first-order valence-corrected chi connectivity index (χ1v) is 6.68. The Balaban J connectivity index is 4.57. The molecule has 0 amide bonds. The molecule has 0 aromatic carbocycles. The van der Waals surface area contributed by atoms with E-state index in [-0.39, 0.29) is 5.78 Å². The van der Waals surface area contributed by atoms with Gasteiger partial charge in [0.2, 0.25) is 0 Å². The molecule has 0 bridgehead atoms. The van der Waals surface area contributed by atoms with Crippen LogP contribution in [0.4, 0.5) is 0 Å². The van der Waals surface area contributed by atoms with Gasteiger partial charge >= 0.3 is 5.97 Å². The molecule has 0 atom stereocenters. The molecule has 4 nitrogen and oxygen atoms in total. The maximum Gasteiger partial charge on any atom is 0.319 e. The normalized spacial score (nSPS) is 12.0. The van der Waals surface area contributed by atoms with Crippen LogP contribution in [0.5, 0.6) is 0 Å². The Hall–Kier alpha value is -0.900. The second-order valence-electron chi connectivity index (χ2n) is 5.49. The van der Waals surface area contributed by atoms with Gasteiger partial charge in [0.15, 0.2) is 5.78 Å². The van der Waals surface area contributed by atoms with Crippen molar-refractivity contribution in [2.75, 3.05) is 26.2 Å². The maximum atomic E-state index is 12.2. The molecule has 0 saturated heterocycles. The summed E-state index contributed by atoms with van der Waals surface area (Å²) in [6.07, 6.45) is 0. The van der Waals surface area contributed by atoms with Gasteiger partial charge in [-0.3, -0.25) is 14.5 Å². The van der Waals surface area contributed by atoms with Gasteiger partial charge in [0.1, 0.15) is 5.41 Å². The number of carbonyl (C=O) groups is 2. The standard InChI is InChI=1S/C14H27NO3/c1-7-15(9-11(3)4)10-12(16)14(5,6)13(17)18-8-2/h11H,7-10H2,1-6H3. The molecule has 0 saturated carbocycles. The number of likely N-dealkylation sites (N-methyl/N-ethyl adjacent to an activating group) is 1. The van der Waals surface area contributed by atoms with Gasteiger partial charge in [-0.1, -0.05) is 20.8 Å². The summed E-state index contributed by atoms with van der Waals surface area (Å²) in [7, 11) is 0. The van der Waals surface area contributed by atoms with E-state index in [4.69, 9.17) is 4.74 Å². The minimum atomic E-state index is -1.06. The monoisotopic (exact) mass is 257 g/mol. The Morgan fingerprint density at radius 3 is 2.17 bits per heavy atom. The van der Waals surface area contributed by atoms with Gasteiger partial charge in [0.25, 0.3) is 0 Å². The lowest BCUT2D eigenvalue weighted by Gasteiger charge is -2.27. The molecule has 0 heterocycles. The summed E-state index contributed by atoms with van der Waals surface area (Å²) in [6.45, 7) is 13.5. The fraction of sp³-hybridized carbons (Fsp3) is 0.857. The van der Waals surface area contributed by atoms with Gasteiger partial charge in [-0.05, 0) is 33.2 Å². The third-order valence-electron chi connectivity index (χ3n) is 2.92. The highest BCUT2D eigenvalue weighted by Gasteiger charge is 2.37. The molecule has 0 aliphatic rings. The lowest BCUT2D eigenvalue weighted by atomic mass is 9.87.